The van der Waals surface area contributed by atoms with Gasteiger partial charge < -0.3 is 14.2 Å². The van der Waals surface area contributed by atoms with Crippen LogP contribution in [0.4, 0.5) is 5.69 Å². The molecule has 2 atom stereocenters. The maximum Gasteiger partial charge on any atom is 0.270 e. The number of fused-ring (bicyclic) bond motifs is 1. The van der Waals surface area contributed by atoms with E-state index in [4.69, 9.17) is 9.72 Å². The number of ether oxygens (including phenoxy) is 1. The number of rotatable bonds is 5. The van der Waals surface area contributed by atoms with Crippen molar-refractivity contribution in [1.29, 1.82) is 5.26 Å². The topological polar surface area (TPSA) is 71.2 Å². The zero-order chi connectivity index (χ0) is 24.6. The van der Waals surface area contributed by atoms with Gasteiger partial charge in [0, 0.05) is 38.2 Å². The SMILES string of the molecule is CCC(C)(C)c1ccc(O[C@@H]2CCN(c3c(C#N)c(=O)n(C)c4ccc(C)nc34)C[C@H]2C)cc1. The number of anilines is 1. The lowest BCUT2D eigenvalue weighted by molar-refractivity contribution is 0.121. The van der Waals surface area contributed by atoms with Gasteiger partial charge in [0.15, 0.2) is 0 Å². The van der Waals surface area contributed by atoms with Gasteiger partial charge in [-0.3, -0.25) is 4.79 Å². The fourth-order valence-corrected chi connectivity index (χ4v) is 4.77. The Bertz CT molecular complexity index is 1300. The smallest absolute Gasteiger partial charge is 0.270 e. The highest BCUT2D eigenvalue weighted by atomic mass is 16.5. The number of piperidine rings is 1. The molecule has 0 aliphatic carbocycles. The van der Waals surface area contributed by atoms with Crippen LogP contribution in [-0.2, 0) is 12.5 Å². The third kappa shape index (κ3) is 4.27. The monoisotopic (exact) mass is 458 g/mol. The maximum absolute atomic E-state index is 12.9. The van der Waals surface area contributed by atoms with Gasteiger partial charge in [0.1, 0.15) is 29.0 Å². The molecule has 178 valence electrons. The van der Waals surface area contributed by atoms with Gasteiger partial charge >= 0.3 is 0 Å². The number of benzene rings is 1. The van der Waals surface area contributed by atoms with Crippen LogP contribution in [0.1, 0.15) is 57.4 Å². The Labute approximate surface area is 201 Å². The minimum atomic E-state index is -0.281. The molecule has 1 aromatic carbocycles. The van der Waals surface area contributed by atoms with Crippen molar-refractivity contribution in [2.75, 3.05) is 18.0 Å². The van der Waals surface area contributed by atoms with Crippen LogP contribution in [0.2, 0.25) is 0 Å². The van der Waals surface area contributed by atoms with E-state index in [0.29, 0.717) is 24.3 Å². The summed E-state index contributed by atoms with van der Waals surface area (Å²) in [5, 5.41) is 9.85. The second kappa shape index (κ2) is 9.13. The van der Waals surface area contributed by atoms with E-state index < -0.39 is 0 Å². The Morgan fingerprint density at radius 3 is 2.53 bits per heavy atom. The highest BCUT2D eigenvalue weighted by molar-refractivity contribution is 5.91. The summed E-state index contributed by atoms with van der Waals surface area (Å²) in [6, 6.07) is 14.4. The molecule has 6 nitrogen and oxygen atoms in total. The summed E-state index contributed by atoms with van der Waals surface area (Å²) in [6.07, 6.45) is 1.95. The van der Waals surface area contributed by atoms with Crippen LogP contribution in [0.15, 0.2) is 41.2 Å². The Hall–Kier alpha value is -3.33. The van der Waals surface area contributed by atoms with Gasteiger partial charge in [-0.25, -0.2) is 4.98 Å². The predicted molar refractivity (Wildman–Crippen MR) is 137 cm³/mol. The maximum atomic E-state index is 12.9. The molecule has 0 spiro atoms. The van der Waals surface area contributed by atoms with Gasteiger partial charge in [-0.15, -0.1) is 0 Å². The largest absolute Gasteiger partial charge is 0.490 e. The normalized spacial score (nSPS) is 18.7. The summed E-state index contributed by atoms with van der Waals surface area (Å²) in [5.74, 6) is 1.10. The molecule has 1 aliphatic heterocycles. The molecule has 0 unspecified atom stereocenters. The van der Waals surface area contributed by atoms with Crippen LogP contribution < -0.4 is 15.2 Å². The summed E-state index contributed by atoms with van der Waals surface area (Å²) in [6.45, 7) is 12.2. The Morgan fingerprint density at radius 1 is 1.21 bits per heavy atom. The van der Waals surface area contributed by atoms with E-state index in [1.54, 1.807) is 7.05 Å². The molecule has 1 saturated heterocycles. The van der Waals surface area contributed by atoms with E-state index in [1.807, 2.05) is 19.1 Å². The second-order valence-corrected chi connectivity index (χ2v) is 10.2. The Balaban J connectivity index is 1.59. The first-order chi connectivity index (χ1) is 16.2. The Kier molecular flexibility index (Phi) is 6.40. The van der Waals surface area contributed by atoms with E-state index in [9.17, 15) is 10.1 Å². The van der Waals surface area contributed by atoms with Crippen molar-refractivity contribution in [1.82, 2.24) is 9.55 Å². The first-order valence-electron chi connectivity index (χ1n) is 12.1. The van der Waals surface area contributed by atoms with Crippen molar-refractivity contribution >= 4 is 16.7 Å². The first kappa shape index (κ1) is 23.8. The minimum Gasteiger partial charge on any atom is -0.490 e. The molecule has 1 aliphatic rings. The van der Waals surface area contributed by atoms with E-state index in [0.717, 1.165) is 29.8 Å². The lowest BCUT2D eigenvalue weighted by atomic mass is 9.82. The molecule has 0 radical (unpaired) electrons. The second-order valence-electron chi connectivity index (χ2n) is 10.2. The standard InChI is InChI=1S/C28H34N4O2/c1-7-28(4,5)20-9-11-21(12-10-20)34-24-14-15-32(17-18(24)2)26-22(16-29)27(33)31(6)23-13-8-19(3)30-25(23)26/h8-13,18,24H,7,14-15,17H2,1-6H3/t18-,24-/m1/s1. The number of hydrogen-bond donors (Lipinski definition) is 0. The predicted octanol–water partition coefficient (Wildman–Crippen LogP) is 5.10. The fraction of sp³-hybridized carbons (Fsp3) is 0.464. The highest BCUT2D eigenvalue weighted by Crippen LogP contribution is 2.33. The quantitative estimate of drug-likeness (QED) is 0.532. The number of pyridine rings is 2. The number of nitriles is 1. The molecule has 3 aromatic rings. The molecule has 1 fully saturated rings. The molecular formula is C28H34N4O2. The first-order valence-corrected chi connectivity index (χ1v) is 12.1. The number of aromatic nitrogens is 2. The summed E-state index contributed by atoms with van der Waals surface area (Å²) < 4.78 is 7.91. The molecule has 0 amide bonds. The summed E-state index contributed by atoms with van der Waals surface area (Å²) in [7, 11) is 1.70. The zero-order valence-corrected chi connectivity index (χ0v) is 21.1. The minimum absolute atomic E-state index is 0.0688. The van der Waals surface area contributed by atoms with Crippen molar-refractivity contribution in [3.8, 4) is 11.8 Å². The average molecular weight is 459 g/mol. The van der Waals surface area contributed by atoms with E-state index in [-0.39, 0.29) is 28.6 Å². The molecule has 6 heteroatoms. The molecule has 4 rings (SSSR count). The van der Waals surface area contributed by atoms with Crippen molar-refractivity contribution in [3.05, 3.63) is 63.6 Å². The van der Waals surface area contributed by atoms with Crippen LogP contribution >= 0.6 is 0 Å². The van der Waals surface area contributed by atoms with Gasteiger partial charge in [0.2, 0.25) is 0 Å². The molecule has 3 heterocycles. The summed E-state index contributed by atoms with van der Waals surface area (Å²) >= 11 is 0. The van der Waals surface area contributed by atoms with Crippen molar-refractivity contribution in [2.45, 2.75) is 59.0 Å². The molecular weight excluding hydrogens is 424 g/mol. The van der Waals surface area contributed by atoms with Crippen LogP contribution in [0.25, 0.3) is 11.0 Å². The Morgan fingerprint density at radius 2 is 1.91 bits per heavy atom. The summed E-state index contributed by atoms with van der Waals surface area (Å²) in [5.41, 5.74) is 4.31. The van der Waals surface area contributed by atoms with Crippen molar-refractivity contribution < 1.29 is 4.74 Å². The lowest BCUT2D eigenvalue weighted by Gasteiger charge is -2.38. The van der Waals surface area contributed by atoms with Gasteiger partial charge in [0.25, 0.3) is 5.56 Å². The summed E-state index contributed by atoms with van der Waals surface area (Å²) in [4.78, 5) is 19.8. The number of nitrogens with zero attached hydrogens (tertiary/aromatic N) is 4. The van der Waals surface area contributed by atoms with E-state index >= 15 is 0 Å². The number of hydrogen-bond acceptors (Lipinski definition) is 5. The zero-order valence-electron chi connectivity index (χ0n) is 21.1. The van der Waals surface area contributed by atoms with Gasteiger partial charge in [0.05, 0.1) is 11.2 Å². The molecule has 0 bridgehead atoms. The van der Waals surface area contributed by atoms with Crippen molar-refractivity contribution in [2.24, 2.45) is 13.0 Å². The third-order valence-corrected chi connectivity index (χ3v) is 7.42. The fourth-order valence-electron chi connectivity index (χ4n) is 4.77. The van der Waals surface area contributed by atoms with Crippen molar-refractivity contribution in [3.63, 3.8) is 0 Å². The molecule has 0 saturated carbocycles. The molecule has 0 N–H and O–H groups in total. The highest BCUT2D eigenvalue weighted by Gasteiger charge is 2.31. The van der Waals surface area contributed by atoms with Gasteiger partial charge in [-0.05, 0) is 48.6 Å². The van der Waals surface area contributed by atoms with Crippen LogP contribution in [0.5, 0.6) is 5.75 Å². The molecule has 34 heavy (non-hydrogen) atoms. The van der Waals surface area contributed by atoms with Gasteiger partial charge in [-0.2, -0.15) is 5.26 Å². The lowest BCUT2D eigenvalue weighted by Crippen LogP contribution is -2.45. The van der Waals surface area contributed by atoms with Crippen LogP contribution in [-0.4, -0.2) is 28.7 Å². The van der Waals surface area contributed by atoms with E-state index in [2.05, 4.69) is 62.9 Å². The molecule has 2 aromatic heterocycles. The van der Waals surface area contributed by atoms with Gasteiger partial charge in [-0.1, -0.05) is 39.8 Å². The number of aryl methyl sites for hydroxylation is 2. The van der Waals surface area contributed by atoms with Crippen LogP contribution in [0, 0.1) is 24.2 Å². The average Bonchev–Trinajstić information content (AvgIpc) is 2.82. The third-order valence-electron chi connectivity index (χ3n) is 7.42. The van der Waals surface area contributed by atoms with Crippen LogP contribution in [0.3, 0.4) is 0 Å². The van der Waals surface area contributed by atoms with E-state index in [1.165, 1.54) is 10.1 Å².